The number of piperidine rings is 1. The molecular formula is C19H25NO4. The Bertz CT molecular complexity index is 580. The Kier molecular flexibility index (Phi) is 5.07. The van der Waals surface area contributed by atoms with E-state index in [4.69, 9.17) is 4.74 Å². The third-order valence-electron chi connectivity index (χ3n) is 5.49. The minimum absolute atomic E-state index is 0.196. The summed E-state index contributed by atoms with van der Waals surface area (Å²) in [5.74, 6) is -1.30. The van der Waals surface area contributed by atoms with E-state index in [1.54, 1.807) is 4.90 Å². The minimum atomic E-state index is -0.818. The van der Waals surface area contributed by atoms with Crippen molar-refractivity contribution in [2.24, 2.45) is 5.92 Å². The monoisotopic (exact) mass is 331 g/mol. The maximum Gasteiger partial charge on any atom is 0.410 e. The molecule has 1 spiro atoms. The third kappa shape index (κ3) is 3.55. The molecule has 1 aromatic carbocycles. The summed E-state index contributed by atoms with van der Waals surface area (Å²) in [6.45, 7) is 0.493. The van der Waals surface area contributed by atoms with E-state index in [2.05, 4.69) is 0 Å². The first-order chi connectivity index (χ1) is 11.6. The molecule has 1 amide bonds. The number of aliphatic carboxylic acids is 1. The number of amides is 1. The van der Waals surface area contributed by atoms with Crippen molar-refractivity contribution in [1.82, 2.24) is 4.90 Å². The second kappa shape index (κ2) is 7.24. The molecule has 1 aliphatic heterocycles. The van der Waals surface area contributed by atoms with Gasteiger partial charge >= 0.3 is 12.1 Å². The van der Waals surface area contributed by atoms with Crippen LogP contribution in [0, 0.1) is 5.92 Å². The Hall–Kier alpha value is -2.04. The van der Waals surface area contributed by atoms with Crippen molar-refractivity contribution in [2.45, 2.75) is 57.1 Å². The van der Waals surface area contributed by atoms with Gasteiger partial charge in [0.1, 0.15) is 6.61 Å². The number of rotatable bonds is 3. The first-order valence-electron chi connectivity index (χ1n) is 8.82. The van der Waals surface area contributed by atoms with Gasteiger partial charge < -0.3 is 14.7 Å². The van der Waals surface area contributed by atoms with Crippen LogP contribution in [0.3, 0.4) is 0 Å². The molecule has 24 heavy (non-hydrogen) atoms. The Morgan fingerprint density at radius 2 is 1.83 bits per heavy atom. The van der Waals surface area contributed by atoms with Gasteiger partial charge in [-0.3, -0.25) is 4.79 Å². The smallest absolute Gasteiger partial charge is 0.410 e. The summed E-state index contributed by atoms with van der Waals surface area (Å²) in [7, 11) is 0. The number of carboxylic acid groups (broad SMARTS) is 1. The molecule has 1 atom stereocenters. The molecule has 1 aliphatic carbocycles. The van der Waals surface area contributed by atoms with Gasteiger partial charge in [0.05, 0.1) is 5.92 Å². The van der Waals surface area contributed by atoms with Crippen molar-refractivity contribution in [3.63, 3.8) is 0 Å². The van der Waals surface area contributed by atoms with Crippen molar-refractivity contribution < 1.29 is 19.4 Å². The van der Waals surface area contributed by atoms with Gasteiger partial charge in [0.15, 0.2) is 0 Å². The summed E-state index contributed by atoms with van der Waals surface area (Å²) in [5.41, 5.74) is 0.744. The number of benzene rings is 1. The van der Waals surface area contributed by atoms with Crippen LogP contribution in [0.5, 0.6) is 0 Å². The lowest BCUT2D eigenvalue weighted by molar-refractivity contribution is -0.145. The highest BCUT2D eigenvalue weighted by atomic mass is 16.6. The van der Waals surface area contributed by atoms with Crippen LogP contribution in [-0.2, 0) is 16.1 Å². The van der Waals surface area contributed by atoms with E-state index in [-0.39, 0.29) is 24.8 Å². The summed E-state index contributed by atoms with van der Waals surface area (Å²) in [6, 6.07) is 9.57. The minimum Gasteiger partial charge on any atom is -0.481 e. The topological polar surface area (TPSA) is 66.8 Å². The number of carboxylic acids is 1. The zero-order valence-electron chi connectivity index (χ0n) is 13.9. The first kappa shape index (κ1) is 16.8. The van der Waals surface area contributed by atoms with E-state index in [1.807, 2.05) is 30.3 Å². The molecule has 1 saturated carbocycles. The normalized spacial score (nSPS) is 23.0. The molecule has 2 fully saturated rings. The fourth-order valence-electron chi connectivity index (χ4n) is 4.08. The molecule has 2 aliphatic rings. The first-order valence-corrected chi connectivity index (χ1v) is 8.82. The van der Waals surface area contributed by atoms with Crippen molar-refractivity contribution in [1.29, 1.82) is 0 Å². The third-order valence-corrected chi connectivity index (χ3v) is 5.49. The van der Waals surface area contributed by atoms with Gasteiger partial charge in [-0.25, -0.2) is 4.79 Å². The van der Waals surface area contributed by atoms with Crippen molar-refractivity contribution in [2.75, 3.05) is 6.54 Å². The zero-order valence-corrected chi connectivity index (χ0v) is 13.9. The number of hydrogen-bond acceptors (Lipinski definition) is 3. The molecule has 0 aromatic heterocycles. The molecule has 1 unspecified atom stereocenters. The quantitative estimate of drug-likeness (QED) is 0.914. The molecule has 0 bridgehead atoms. The van der Waals surface area contributed by atoms with E-state index >= 15 is 0 Å². The fraction of sp³-hybridized carbons (Fsp3) is 0.579. The van der Waals surface area contributed by atoms with Crippen LogP contribution < -0.4 is 0 Å². The van der Waals surface area contributed by atoms with Crippen LogP contribution in [0.15, 0.2) is 30.3 Å². The SMILES string of the molecule is O=C(O)C1CCC2(CCCCC2)N(C(=O)OCc2ccccc2)C1. The van der Waals surface area contributed by atoms with E-state index in [0.717, 1.165) is 37.7 Å². The average Bonchev–Trinajstić information content (AvgIpc) is 2.61. The van der Waals surface area contributed by atoms with Crippen LogP contribution in [0.2, 0.25) is 0 Å². The Balaban J connectivity index is 1.71. The summed E-state index contributed by atoms with van der Waals surface area (Å²) in [4.78, 5) is 25.9. The molecule has 1 N–H and O–H groups in total. The number of carbonyl (C=O) groups excluding carboxylic acids is 1. The van der Waals surface area contributed by atoms with Gasteiger partial charge in [0.25, 0.3) is 0 Å². The summed E-state index contributed by atoms with van der Waals surface area (Å²) >= 11 is 0. The number of nitrogens with zero attached hydrogens (tertiary/aromatic N) is 1. The second-order valence-corrected chi connectivity index (χ2v) is 7.01. The summed E-state index contributed by atoms with van der Waals surface area (Å²) < 4.78 is 5.52. The average molecular weight is 331 g/mol. The summed E-state index contributed by atoms with van der Waals surface area (Å²) in [5, 5.41) is 9.35. The van der Waals surface area contributed by atoms with Gasteiger partial charge in [-0.15, -0.1) is 0 Å². The van der Waals surface area contributed by atoms with E-state index in [1.165, 1.54) is 6.42 Å². The summed E-state index contributed by atoms with van der Waals surface area (Å²) in [6.07, 6.45) is 6.35. The largest absolute Gasteiger partial charge is 0.481 e. The van der Waals surface area contributed by atoms with E-state index in [9.17, 15) is 14.7 Å². The number of ether oxygens (including phenoxy) is 1. The maximum absolute atomic E-state index is 12.7. The molecule has 1 aromatic rings. The molecule has 0 radical (unpaired) electrons. The van der Waals surface area contributed by atoms with Crippen LogP contribution in [-0.4, -0.2) is 34.2 Å². The zero-order chi connectivity index (χ0) is 17.0. The number of carbonyl (C=O) groups is 2. The lowest BCUT2D eigenvalue weighted by atomic mass is 9.73. The lowest BCUT2D eigenvalue weighted by Crippen LogP contribution is -2.58. The Morgan fingerprint density at radius 1 is 1.12 bits per heavy atom. The maximum atomic E-state index is 12.7. The molecule has 3 rings (SSSR count). The van der Waals surface area contributed by atoms with Gasteiger partial charge in [-0.05, 0) is 31.2 Å². The molecular weight excluding hydrogens is 306 g/mol. The van der Waals surface area contributed by atoms with E-state index < -0.39 is 11.9 Å². The predicted molar refractivity (Wildman–Crippen MR) is 89.5 cm³/mol. The highest BCUT2D eigenvalue weighted by Crippen LogP contribution is 2.42. The Morgan fingerprint density at radius 3 is 2.50 bits per heavy atom. The standard InChI is InChI=1S/C19H25NO4/c21-17(22)16-9-12-19(10-5-2-6-11-19)20(13-16)18(23)24-14-15-7-3-1-4-8-15/h1,3-4,7-8,16H,2,5-6,9-14H2,(H,21,22). The fourth-order valence-corrected chi connectivity index (χ4v) is 4.08. The number of hydrogen-bond donors (Lipinski definition) is 1. The van der Waals surface area contributed by atoms with Crippen molar-refractivity contribution >= 4 is 12.1 Å². The predicted octanol–water partition coefficient (Wildman–Crippen LogP) is 3.82. The van der Waals surface area contributed by atoms with Crippen LogP contribution >= 0.6 is 0 Å². The Labute approximate surface area is 142 Å². The molecule has 1 heterocycles. The van der Waals surface area contributed by atoms with Gasteiger partial charge in [-0.2, -0.15) is 0 Å². The van der Waals surface area contributed by atoms with Gasteiger partial charge in [-0.1, -0.05) is 49.6 Å². The lowest BCUT2D eigenvalue weighted by Gasteiger charge is -2.50. The number of likely N-dealkylation sites (tertiary alicyclic amines) is 1. The molecule has 130 valence electrons. The van der Waals surface area contributed by atoms with E-state index in [0.29, 0.717) is 6.42 Å². The van der Waals surface area contributed by atoms with Gasteiger partial charge in [0.2, 0.25) is 0 Å². The highest BCUT2D eigenvalue weighted by Gasteiger charge is 2.46. The second-order valence-electron chi connectivity index (χ2n) is 7.01. The molecule has 5 heteroatoms. The van der Waals surface area contributed by atoms with Crippen LogP contribution in [0.4, 0.5) is 4.79 Å². The van der Waals surface area contributed by atoms with Gasteiger partial charge in [0, 0.05) is 12.1 Å². The molecule has 5 nitrogen and oxygen atoms in total. The van der Waals surface area contributed by atoms with Crippen molar-refractivity contribution in [3.05, 3.63) is 35.9 Å². The highest BCUT2D eigenvalue weighted by molar-refractivity contribution is 5.74. The van der Waals surface area contributed by atoms with Crippen LogP contribution in [0.1, 0.15) is 50.5 Å². The van der Waals surface area contributed by atoms with Crippen LogP contribution in [0.25, 0.3) is 0 Å². The molecule has 1 saturated heterocycles. The van der Waals surface area contributed by atoms with Crippen molar-refractivity contribution in [3.8, 4) is 0 Å².